The third kappa shape index (κ3) is 6.23. The van der Waals surface area contributed by atoms with E-state index in [1.807, 2.05) is 42.6 Å². The highest BCUT2D eigenvalue weighted by Crippen LogP contribution is 2.38. The molecule has 0 fully saturated rings. The lowest BCUT2D eigenvalue weighted by Gasteiger charge is -2.30. The van der Waals surface area contributed by atoms with Gasteiger partial charge in [-0.3, -0.25) is 0 Å². The summed E-state index contributed by atoms with van der Waals surface area (Å²) < 4.78 is 15.4. The van der Waals surface area contributed by atoms with Crippen molar-refractivity contribution in [3.05, 3.63) is 84.2 Å². The molecule has 0 saturated heterocycles. The average Bonchev–Trinajstić information content (AvgIpc) is 3.19. The monoisotopic (exact) mass is 396 g/mol. The molecule has 2 aromatic carbocycles. The van der Waals surface area contributed by atoms with Crippen LogP contribution in [0, 0.1) is 5.82 Å². The predicted octanol–water partition coefficient (Wildman–Crippen LogP) is 6.55. The molecule has 4 heteroatoms. The highest BCUT2D eigenvalue weighted by molar-refractivity contribution is 8.00. The van der Waals surface area contributed by atoms with Crippen LogP contribution in [0.5, 0.6) is 0 Å². The van der Waals surface area contributed by atoms with Gasteiger partial charge in [0.15, 0.2) is 0 Å². The summed E-state index contributed by atoms with van der Waals surface area (Å²) in [4.78, 5) is 5.52. The van der Waals surface area contributed by atoms with Crippen molar-refractivity contribution in [2.45, 2.75) is 62.1 Å². The topological polar surface area (TPSA) is 17.8 Å². The van der Waals surface area contributed by atoms with E-state index in [1.165, 1.54) is 28.9 Å². The van der Waals surface area contributed by atoms with Crippen LogP contribution in [0.1, 0.15) is 44.2 Å². The lowest BCUT2D eigenvalue weighted by molar-refractivity contribution is 0.495. The van der Waals surface area contributed by atoms with Crippen LogP contribution in [0.2, 0.25) is 0 Å². The summed E-state index contributed by atoms with van der Waals surface area (Å²) in [5, 5.41) is 0. The number of imidazole rings is 1. The molecule has 0 aliphatic rings. The largest absolute Gasteiger partial charge is 0.336 e. The molecule has 2 nitrogen and oxygen atoms in total. The highest BCUT2D eigenvalue weighted by Gasteiger charge is 2.26. The summed E-state index contributed by atoms with van der Waals surface area (Å²) in [6.45, 7) is 5.44. The Morgan fingerprint density at radius 3 is 2.61 bits per heavy atom. The first-order valence-corrected chi connectivity index (χ1v) is 10.9. The molecule has 0 aliphatic carbocycles. The zero-order chi connectivity index (χ0) is 19.8. The number of rotatable bonds is 10. The van der Waals surface area contributed by atoms with Gasteiger partial charge in [-0.2, -0.15) is 0 Å². The van der Waals surface area contributed by atoms with Crippen LogP contribution in [-0.2, 0) is 19.4 Å². The molecule has 0 saturated carbocycles. The summed E-state index contributed by atoms with van der Waals surface area (Å²) in [6.07, 6.45) is 11.2. The number of unbranched alkanes of at least 4 members (excludes halogenated alkanes) is 1. The molecule has 0 N–H and O–H groups in total. The number of hydrogen-bond acceptors (Lipinski definition) is 2. The molecule has 0 aliphatic heterocycles. The van der Waals surface area contributed by atoms with Gasteiger partial charge in [-0.1, -0.05) is 37.6 Å². The Morgan fingerprint density at radius 1 is 1.07 bits per heavy atom. The van der Waals surface area contributed by atoms with Gasteiger partial charge in [0.05, 0.1) is 6.33 Å². The number of thioether (sulfide) groups is 1. The summed E-state index contributed by atoms with van der Waals surface area (Å²) >= 11 is 1.94. The maximum Gasteiger partial charge on any atom is 0.123 e. The van der Waals surface area contributed by atoms with Crippen LogP contribution in [0.3, 0.4) is 0 Å². The fourth-order valence-electron chi connectivity index (χ4n) is 3.42. The van der Waals surface area contributed by atoms with Crippen LogP contribution >= 0.6 is 11.8 Å². The minimum Gasteiger partial charge on any atom is -0.336 e. The third-order valence-corrected chi connectivity index (χ3v) is 6.33. The van der Waals surface area contributed by atoms with Crippen molar-refractivity contribution in [3.8, 4) is 0 Å². The zero-order valence-electron chi connectivity index (χ0n) is 16.8. The lowest BCUT2D eigenvalue weighted by atomic mass is 10.00. The Labute approximate surface area is 172 Å². The van der Waals surface area contributed by atoms with E-state index in [1.54, 1.807) is 12.1 Å². The first-order valence-electron chi connectivity index (χ1n) is 10.0. The van der Waals surface area contributed by atoms with Crippen molar-refractivity contribution in [1.82, 2.24) is 9.55 Å². The van der Waals surface area contributed by atoms with Gasteiger partial charge in [-0.05, 0) is 68.0 Å². The molecule has 1 aromatic heterocycles. The average molecular weight is 397 g/mol. The molecule has 3 aromatic rings. The van der Waals surface area contributed by atoms with Crippen LogP contribution in [0.4, 0.5) is 4.39 Å². The molecule has 3 rings (SSSR count). The van der Waals surface area contributed by atoms with E-state index >= 15 is 0 Å². The number of hydrogen-bond donors (Lipinski definition) is 0. The second kappa shape index (κ2) is 9.92. The Kier molecular flexibility index (Phi) is 7.32. The normalized spacial score (nSPS) is 13.4. The molecule has 0 amide bonds. The molecule has 0 spiro atoms. The van der Waals surface area contributed by atoms with Gasteiger partial charge in [0.2, 0.25) is 0 Å². The smallest absolute Gasteiger partial charge is 0.123 e. The first-order chi connectivity index (χ1) is 13.6. The quantitative estimate of drug-likeness (QED) is 0.362. The maximum absolute atomic E-state index is 13.2. The van der Waals surface area contributed by atoms with Crippen LogP contribution in [0.15, 0.2) is 72.1 Å². The van der Waals surface area contributed by atoms with E-state index in [2.05, 4.69) is 47.7 Å². The molecule has 0 radical (unpaired) electrons. The van der Waals surface area contributed by atoms with Gasteiger partial charge in [0, 0.05) is 28.6 Å². The SMILES string of the molecule is CCCCc1cccc(SC(C)(CCc2ccc(F)cc2)Cn2ccnc2)c1. The number of aryl methyl sites for hydroxylation is 2. The van der Waals surface area contributed by atoms with Crippen LogP contribution in [0.25, 0.3) is 0 Å². The van der Waals surface area contributed by atoms with Gasteiger partial charge in [-0.25, -0.2) is 9.37 Å². The lowest BCUT2D eigenvalue weighted by Crippen LogP contribution is -2.27. The van der Waals surface area contributed by atoms with Gasteiger partial charge < -0.3 is 4.57 Å². The fourth-order valence-corrected chi connectivity index (χ4v) is 4.76. The van der Waals surface area contributed by atoms with E-state index in [0.717, 1.165) is 25.8 Å². The van der Waals surface area contributed by atoms with Gasteiger partial charge in [0.25, 0.3) is 0 Å². The molecular formula is C24H29FN2S. The molecule has 1 unspecified atom stereocenters. The van der Waals surface area contributed by atoms with Crippen molar-refractivity contribution in [3.63, 3.8) is 0 Å². The Balaban J connectivity index is 1.74. The Morgan fingerprint density at radius 2 is 1.89 bits per heavy atom. The second-order valence-corrected chi connectivity index (χ2v) is 9.33. The summed E-state index contributed by atoms with van der Waals surface area (Å²) in [6, 6.07) is 15.8. The Bertz CT molecular complexity index is 845. The van der Waals surface area contributed by atoms with Gasteiger partial charge in [0.1, 0.15) is 5.82 Å². The maximum atomic E-state index is 13.2. The van der Waals surface area contributed by atoms with Crippen LogP contribution in [-0.4, -0.2) is 14.3 Å². The van der Waals surface area contributed by atoms with Crippen molar-refractivity contribution < 1.29 is 4.39 Å². The highest BCUT2D eigenvalue weighted by atomic mass is 32.2. The predicted molar refractivity (Wildman–Crippen MR) is 116 cm³/mol. The van der Waals surface area contributed by atoms with Gasteiger partial charge >= 0.3 is 0 Å². The van der Waals surface area contributed by atoms with Crippen LogP contribution < -0.4 is 0 Å². The van der Waals surface area contributed by atoms with Crippen molar-refractivity contribution in [2.75, 3.05) is 0 Å². The first kappa shape index (κ1) is 20.7. The van der Waals surface area contributed by atoms with E-state index < -0.39 is 0 Å². The number of benzene rings is 2. The van der Waals surface area contributed by atoms with Crippen molar-refractivity contribution >= 4 is 11.8 Å². The minimum absolute atomic E-state index is 0.0124. The van der Waals surface area contributed by atoms with Crippen molar-refractivity contribution in [2.24, 2.45) is 0 Å². The summed E-state index contributed by atoms with van der Waals surface area (Å²) in [5.41, 5.74) is 2.59. The van der Waals surface area contributed by atoms with E-state index in [0.29, 0.717) is 0 Å². The van der Waals surface area contributed by atoms with E-state index in [4.69, 9.17) is 0 Å². The second-order valence-electron chi connectivity index (χ2n) is 7.66. The standard InChI is InChI=1S/C24H29FN2S/c1-3-4-6-21-7-5-8-23(17-21)28-24(2,18-27-16-15-26-19-27)14-13-20-9-11-22(25)12-10-20/h5,7-12,15-17,19H,3-4,6,13-14,18H2,1-2H3. The number of halogens is 1. The van der Waals surface area contributed by atoms with Crippen molar-refractivity contribution in [1.29, 1.82) is 0 Å². The van der Waals surface area contributed by atoms with Gasteiger partial charge in [-0.15, -0.1) is 11.8 Å². The summed E-state index contributed by atoms with van der Waals surface area (Å²) in [7, 11) is 0. The van der Waals surface area contributed by atoms with E-state index in [9.17, 15) is 4.39 Å². The van der Waals surface area contributed by atoms with E-state index in [-0.39, 0.29) is 10.6 Å². The third-order valence-electron chi connectivity index (χ3n) is 5.01. The Hall–Kier alpha value is -2.07. The zero-order valence-corrected chi connectivity index (χ0v) is 17.6. The minimum atomic E-state index is -0.178. The molecular weight excluding hydrogens is 367 g/mol. The molecule has 1 heterocycles. The summed E-state index contributed by atoms with van der Waals surface area (Å²) in [5.74, 6) is -0.178. The molecule has 0 bridgehead atoms. The number of aromatic nitrogens is 2. The fraction of sp³-hybridized carbons (Fsp3) is 0.375. The molecule has 1 atom stereocenters. The molecule has 148 valence electrons. The number of nitrogens with zero attached hydrogens (tertiary/aromatic N) is 2. The molecule has 28 heavy (non-hydrogen) atoms.